The number of aliphatic hydroxyl groups excluding tert-OH is 1. The summed E-state index contributed by atoms with van der Waals surface area (Å²) in [6, 6.07) is 3.85. The van der Waals surface area contributed by atoms with E-state index in [1.54, 1.807) is 6.20 Å². The van der Waals surface area contributed by atoms with Gasteiger partial charge < -0.3 is 10.0 Å². The molecule has 1 aromatic heterocycles. The van der Waals surface area contributed by atoms with Crippen LogP contribution in [0.2, 0.25) is 0 Å². The van der Waals surface area contributed by atoms with Gasteiger partial charge in [-0.3, -0.25) is 4.98 Å². The third kappa shape index (κ3) is 1.41. The number of hydrogen-bond acceptors (Lipinski definition) is 3. The Balaban J connectivity index is 2.11. The van der Waals surface area contributed by atoms with Gasteiger partial charge in [0, 0.05) is 19.3 Å². The molecule has 3 nitrogen and oxygen atoms in total. The minimum absolute atomic E-state index is 0.182. The Kier molecular flexibility index (Phi) is 1.96. The minimum atomic E-state index is -0.182. The van der Waals surface area contributed by atoms with Gasteiger partial charge in [0.05, 0.1) is 11.8 Å². The molecule has 0 amide bonds. The van der Waals surface area contributed by atoms with Crippen LogP contribution in [0.3, 0.4) is 0 Å². The molecule has 63 valence electrons. The summed E-state index contributed by atoms with van der Waals surface area (Å²) >= 11 is 0. The Morgan fingerprint density at radius 1 is 1.67 bits per heavy atom. The predicted molar refractivity (Wildman–Crippen MR) is 45.9 cm³/mol. The van der Waals surface area contributed by atoms with E-state index < -0.39 is 0 Å². The van der Waals surface area contributed by atoms with Crippen molar-refractivity contribution < 1.29 is 5.11 Å². The van der Waals surface area contributed by atoms with Gasteiger partial charge in [0.2, 0.25) is 0 Å². The Bertz CT molecular complexity index is 250. The van der Waals surface area contributed by atoms with E-state index in [1.807, 2.05) is 12.1 Å². The van der Waals surface area contributed by atoms with Crippen molar-refractivity contribution in [2.45, 2.75) is 12.5 Å². The molecule has 0 aliphatic carbocycles. The smallest absolute Gasteiger partial charge is 0.114 e. The van der Waals surface area contributed by atoms with E-state index in [0.29, 0.717) is 6.54 Å². The molecule has 0 spiro atoms. The van der Waals surface area contributed by atoms with Gasteiger partial charge in [0.15, 0.2) is 0 Å². The summed E-state index contributed by atoms with van der Waals surface area (Å²) in [4.78, 5) is 6.00. The van der Waals surface area contributed by atoms with Gasteiger partial charge in [0.1, 0.15) is 6.20 Å². The van der Waals surface area contributed by atoms with Gasteiger partial charge in [-0.2, -0.15) is 0 Å². The van der Waals surface area contributed by atoms with Gasteiger partial charge in [-0.25, -0.2) is 0 Å². The second-order valence-corrected chi connectivity index (χ2v) is 3.02. The van der Waals surface area contributed by atoms with Gasteiger partial charge in [-0.05, 0) is 18.6 Å². The summed E-state index contributed by atoms with van der Waals surface area (Å²) in [5.74, 6) is 0. The molecule has 1 radical (unpaired) electrons. The number of aliphatic hydroxyl groups is 1. The molecular formula is C9H11N2O. The Morgan fingerprint density at radius 2 is 2.58 bits per heavy atom. The highest BCUT2D eigenvalue weighted by Crippen LogP contribution is 2.17. The molecule has 12 heavy (non-hydrogen) atoms. The molecule has 1 atom stereocenters. The Hall–Kier alpha value is -1.09. The van der Waals surface area contributed by atoms with Crippen molar-refractivity contribution in [2.24, 2.45) is 0 Å². The zero-order valence-electron chi connectivity index (χ0n) is 6.77. The van der Waals surface area contributed by atoms with Gasteiger partial charge in [-0.1, -0.05) is 0 Å². The second kappa shape index (κ2) is 3.11. The lowest BCUT2D eigenvalue weighted by Gasteiger charge is -2.15. The highest BCUT2D eigenvalue weighted by Gasteiger charge is 2.20. The Morgan fingerprint density at radius 3 is 3.17 bits per heavy atom. The maximum absolute atomic E-state index is 9.28. The first kappa shape index (κ1) is 7.55. The van der Waals surface area contributed by atoms with Crippen molar-refractivity contribution in [1.82, 2.24) is 4.98 Å². The molecule has 1 N–H and O–H groups in total. The molecule has 1 aliphatic rings. The minimum Gasteiger partial charge on any atom is -0.391 e. The average Bonchev–Trinajstić information content (AvgIpc) is 2.54. The first-order valence-electron chi connectivity index (χ1n) is 4.12. The SMILES string of the molecule is OC1CCN(c2[c]nccc2)C1. The van der Waals surface area contributed by atoms with E-state index in [-0.39, 0.29) is 6.10 Å². The van der Waals surface area contributed by atoms with E-state index in [2.05, 4.69) is 16.1 Å². The summed E-state index contributed by atoms with van der Waals surface area (Å²) in [5.41, 5.74) is 0.981. The largest absolute Gasteiger partial charge is 0.391 e. The summed E-state index contributed by atoms with van der Waals surface area (Å²) in [6.45, 7) is 1.62. The lowest BCUT2D eigenvalue weighted by Crippen LogP contribution is -2.21. The van der Waals surface area contributed by atoms with E-state index >= 15 is 0 Å². The fourth-order valence-corrected chi connectivity index (χ4v) is 1.45. The van der Waals surface area contributed by atoms with E-state index in [9.17, 15) is 5.11 Å². The standard InChI is InChI=1S/C9H11N2O/c12-9-3-5-11(7-9)8-2-1-4-10-6-8/h1-2,4,9,12H,3,5,7H2. The predicted octanol–water partition coefficient (Wildman–Crippen LogP) is 0.453. The van der Waals surface area contributed by atoms with Gasteiger partial charge in [-0.15, -0.1) is 0 Å². The lowest BCUT2D eigenvalue weighted by molar-refractivity contribution is 0.198. The van der Waals surface area contributed by atoms with E-state index in [1.165, 1.54) is 0 Å². The van der Waals surface area contributed by atoms with Crippen LogP contribution in [0.1, 0.15) is 6.42 Å². The van der Waals surface area contributed by atoms with Crippen molar-refractivity contribution in [2.75, 3.05) is 18.0 Å². The molecule has 1 aromatic rings. The molecule has 1 fully saturated rings. The van der Waals surface area contributed by atoms with Gasteiger partial charge in [0.25, 0.3) is 0 Å². The zero-order valence-corrected chi connectivity index (χ0v) is 6.77. The first-order valence-corrected chi connectivity index (χ1v) is 4.12. The first-order chi connectivity index (χ1) is 5.86. The number of β-amino-alcohol motifs (C(OH)–C–C–N with tert-alkyl or cyclic N) is 1. The maximum Gasteiger partial charge on any atom is 0.114 e. The van der Waals surface area contributed by atoms with E-state index in [4.69, 9.17) is 0 Å². The molecule has 1 saturated heterocycles. The number of pyridine rings is 1. The summed E-state index contributed by atoms with van der Waals surface area (Å²) in [5, 5.41) is 9.28. The third-order valence-electron chi connectivity index (χ3n) is 2.10. The molecular weight excluding hydrogens is 152 g/mol. The van der Waals surface area contributed by atoms with Crippen molar-refractivity contribution >= 4 is 5.69 Å². The van der Waals surface area contributed by atoms with Crippen LogP contribution in [-0.4, -0.2) is 29.3 Å². The average molecular weight is 163 g/mol. The third-order valence-corrected chi connectivity index (χ3v) is 2.10. The van der Waals surface area contributed by atoms with Crippen molar-refractivity contribution in [3.8, 4) is 0 Å². The fourth-order valence-electron chi connectivity index (χ4n) is 1.45. The Labute approximate surface area is 71.7 Å². The molecule has 1 aliphatic heterocycles. The lowest BCUT2D eigenvalue weighted by atomic mass is 10.3. The molecule has 0 aromatic carbocycles. The molecule has 2 heterocycles. The van der Waals surface area contributed by atoms with E-state index in [0.717, 1.165) is 18.7 Å². The van der Waals surface area contributed by atoms with Crippen LogP contribution in [0.5, 0.6) is 0 Å². The summed E-state index contributed by atoms with van der Waals surface area (Å²) in [6.07, 6.45) is 5.27. The number of hydrogen-bond donors (Lipinski definition) is 1. The molecule has 2 rings (SSSR count). The molecule has 1 unspecified atom stereocenters. The van der Waals surface area contributed by atoms with Gasteiger partial charge >= 0.3 is 0 Å². The summed E-state index contributed by atoms with van der Waals surface area (Å²) < 4.78 is 0. The molecule has 3 heteroatoms. The number of anilines is 1. The highest BCUT2D eigenvalue weighted by atomic mass is 16.3. The van der Waals surface area contributed by atoms with Crippen LogP contribution in [0.25, 0.3) is 0 Å². The van der Waals surface area contributed by atoms with Crippen molar-refractivity contribution in [3.05, 3.63) is 24.5 Å². The molecule has 0 bridgehead atoms. The zero-order chi connectivity index (χ0) is 8.39. The van der Waals surface area contributed by atoms with Crippen LogP contribution in [0.4, 0.5) is 5.69 Å². The number of rotatable bonds is 1. The van der Waals surface area contributed by atoms with Crippen LogP contribution < -0.4 is 4.90 Å². The number of nitrogens with zero attached hydrogens (tertiary/aromatic N) is 2. The van der Waals surface area contributed by atoms with Crippen LogP contribution >= 0.6 is 0 Å². The van der Waals surface area contributed by atoms with Crippen molar-refractivity contribution in [3.63, 3.8) is 0 Å². The normalized spacial score (nSPS) is 23.1. The quantitative estimate of drug-likeness (QED) is 0.653. The maximum atomic E-state index is 9.28. The van der Waals surface area contributed by atoms with Crippen LogP contribution in [0, 0.1) is 6.20 Å². The van der Waals surface area contributed by atoms with Crippen LogP contribution in [-0.2, 0) is 0 Å². The fraction of sp³-hybridized carbons (Fsp3) is 0.444. The second-order valence-electron chi connectivity index (χ2n) is 3.02. The highest BCUT2D eigenvalue weighted by molar-refractivity contribution is 5.43. The van der Waals surface area contributed by atoms with Crippen LogP contribution in [0.15, 0.2) is 18.3 Å². The molecule has 0 saturated carbocycles. The topological polar surface area (TPSA) is 36.4 Å². The number of aromatic nitrogens is 1. The summed E-state index contributed by atoms with van der Waals surface area (Å²) in [7, 11) is 0. The monoisotopic (exact) mass is 163 g/mol. The van der Waals surface area contributed by atoms with Crippen molar-refractivity contribution in [1.29, 1.82) is 0 Å².